The van der Waals surface area contributed by atoms with Crippen LogP contribution >= 0.6 is 11.8 Å². The summed E-state index contributed by atoms with van der Waals surface area (Å²) >= 11 is 1.30. The number of anilines is 2. The molecule has 1 aliphatic heterocycles. The van der Waals surface area contributed by atoms with E-state index in [4.69, 9.17) is 0 Å². The summed E-state index contributed by atoms with van der Waals surface area (Å²) in [5.74, 6) is 1.19. The topological polar surface area (TPSA) is 90.9 Å². The molecule has 0 fully saturated rings. The normalized spacial score (nSPS) is 12.6. The third kappa shape index (κ3) is 3.85. The molecular weight excluding hydrogens is 422 g/mol. The second kappa shape index (κ2) is 9.24. The maximum absolute atomic E-state index is 13.1. The molecule has 0 atom stereocenters. The lowest BCUT2D eigenvalue weighted by Gasteiger charge is -2.19. The standard InChI is InChI=1S/C23H23N7OS/c1-4-13-30-21(16-9-11-25-12-10-16)26-27-23(30)32-15-20(31)17(14-24)22-28(2)18-7-5-6-8-19(18)29(22)3/h5-12H,4,13,15H2,1-3H3. The molecule has 0 spiro atoms. The van der Waals surface area contributed by atoms with Crippen molar-refractivity contribution in [3.8, 4) is 17.5 Å². The Labute approximate surface area is 191 Å². The lowest BCUT2D eigenvalue weighted by molar-refractivity contribution is -0.112. The Hall–Kier alpha value is -3.64. The predicted molar refractivity (Wildman–Crippen MR) is 125 cm³/mol. The van der Waals surface area contributed by atoms with Gasteiger partial charge in [-0.15, -0.1) is 10.2 Å². The first-order valence-corrected chi connectivity index (χ1v) is 11.3. The van der Waals surface area contributed by atoms with Crippen LogP contribution in [0.5, 0.6) is 0 Å². The van der Waals surface area contributed by atoms with Gasteiger partial charge in [-0.25, -0.2) is 0 Å². The molecule has 8 nitrogen and oxygen atoms in total. The number of nitrogens with zero attached hydrogens (tertiary/aromatic N) is 7. The summed E-state index contributed by atoms with van der Waals surface area (Å²) in [6, 6.07) is 13.7. The Kier molecular flexibility index (Phi) is 6.23. The van der Waals surface area contributed by atoms with Gasteiger partial charge >= 0.3 is 0 Å². The average molecular weight is 446 g/mol. The summed E-state index contributed by atoms with van der Waals surface area (Å²) in [5.41, 5.74) is 2.98. The maximum Gasteiger partial charge on any atom is 0.191 e. The van der Waals surface area contributed by atoms with Crippen LogP contribution < -0.4 is 9.80 Å². The molecule has 32 heavy (non-hydrogen) atoms. The molecule has 1 aromatic carbocycles. The van der Waals surface area contributed by atoms with Gasteiger partial charge in [0.25, 0.3) is 0 Å². The van der Waals surface area contributed by atoms with E-state index in [2.05, 4.69) is 28.2 Å². The van der Waals surface area contributed by atoms with Crippen LogP contribution in [0.2, 0.25) is 0 Å². The minimum absolute atomic E-state index is 0.0998. The highest BCUT2D eigenvalue weighted by Gasteiger charge is 2.31. The van der Waals surface area contributed by atoms with Gasteiger partial charge in [-0.05, 0) is 30.7 Å². The fourth-order valence-corrected chi connectivity index (χ4v) is 4.63. The Morgan fingerprint density at radius 1 is 1.06 bits per heavy atom. The molecule has 1 aliphatic rings. The molecule has 0 radical (unpaired) electrons. The number of Topliss-reactive ketones (excluding diaryl/α,β-unsaturated/α-hetero) is 1. The Bertz CT molecular complexity index is 1180. The number of ketones is 1. The molecule has 4 rings (SSSR count). The van der Waals surface area contributed by atoms with Crippen LogP contribution in [0.25, 0.3) is 11.4 Å². The fraction of sp³-hybridized carbons (Fsp3) is 0.261. The second-order valence-electron chi connectivity index (χ2n) is 7.32. The van der Waals surface area contributed by atoms with Crippen molar-refractivity contribution in [3.05, 3.63) is 60.2 Å². The number of benzene rings is 1. The van der Waals surface area contributed by atoms with Gasteiger partial charge in [0, 0.05) is 38.6 Å². The molecule has 0 amide bonds. The summed E-state index contributed by atoms with van der Waals surface area (Å²) in [6.07, 6.45) is 4.34. The minimum Gasteiger partial charge on any atom is -0.328 e. The van der Waals surface area contributed by atoms with E-state index in [1.165, 1.54) is 11.8 Å². The van der Waals surface area contributed by atoms with Gasteiger partial charge in [0.15, 0.2) is 16.8 Å². The lowest BCUT2D eigenvalue weighted by atomic mass is 10.2. The zero-order valence-electron chi connectivity index (χ0n) is 18.2. The molecule has 0 bridgehead atoms. The van der Waals surface area contributed by atoms with Crippen molar-refractivity contribution in [2.75, 3.05) is 29.6 Å². The molecule has 162 valence electrons. The SMILES string of the molecule is CCCn1c(SCC(=O)C(C#N)=C2N(C)c3ccccc3N2C)nnc1-c1ccncc1. The van der Waals surface area contributed by atoms with Gasteiger partial charge in [0.1, 0.15) is 17.5 Å². The van der Waals surface area contributed by atoms with E-state index in [1.807, 2.05) is 64.9 Å². The number of thioether (sulfide) groups is 1. The molecule has 3 heterocycles. The van der Waals surface area contributed by atoms with Crippen LogP contribution in [0.1, 0.15) is 13.3 Å². The zero-order valence-corrected chi connectivity index (χ0v) is 19.0. The predicted octanol–water partition coefficient (Wildman–Crippen LogP) is 3.73. The number of carbonyl (C=O) groups excluding carboxylic acids is 1. The van der Waals surface area contributed by atoms with Crippen molar-refractivity contribution in [1.29, 1.82) is 5.26 Å². The van der Waals surface area contributed by atoms with E-state index < -0.39 is 0 Å². The van der Waals surface area contributed by atoms with E-state index >= 15 is 0 Å². The fourth-order valence-electron chi connectivity index (χ4n) is 3.79. The molecule has 3 aromatic rings. The molecule has 0 unspecified atom stereocenters. The number of nitriles is 1. The number of para-hydroxylation sites is 2. The van der Waals surface area contributed by atoms with E-state index in [0.717, 1.165) is 35.7 Å². The monoisotopic (exact) mass is 445 g/mol. The Morgan fingerprint density at radius 2 is 1.72 bits per heavy atom. The van der Waals surface area contributed by atoms with Crippen molar-refractivity contribution in [2.45, 2.75) is 25.0 Å². The van der Waals surface area contributed by atoms with Crippen molar-refractivity contribution in [1.82, 2.24) is 19.7 Å². The van der Waals surface area contributed by atoms with E-state index in [0.29, 0.717) is 11.0 Å². The zero-order chi connectivity index (χ0) is 22.7. The molecule has 9 heteroatoms. The van der Waals surface area contributed by atoms with Gasteiger partial charge < -0.3 is 14.4 Å². The molecule has 0 saturated heterocycles. The number of rotatable bonds is 7. The summed E-state index contributed by atoms with van der Waals surface area (Å²) < 4.78 is 2.01. The maximum atomic E-state index is 13.1. The molecule has 0 saturated carbocycles. The first-order valence-electron chi connectivity index (χ1n) is 10.3. The molecular formula is C23H23N7OS. The van der Waals surface area contributed by atoms with Crippen molar-refractivity contribution in [3.63, 3.8) is 0 Å². The van der Waals surface area contributed by atoms with E-state index in [1.54, 1.807) is 12.4 Å². The van der Waals surface area contributed by atoms with Gasteiger partial charge in [-0.1, -0.05) is 30.8 Å². The molecule has 0 N–H and O–H groups in total. The van der Waals surface area contributed by atoms with Crippen LogP contribution in [-0.4, -0.2) is 45.4 Å². The summed E-state index contributed by atoms with van der Waals surface area (Å²) in [6.45, 7) is 2.81. The molecule has 2 aromatic heterocycles. The summed E-state index contributed by atoms with van der Waals surface area (Å²) in [4.78, 5) is 20.9. The highest BCUT2D eigenvalue weighted by Crippen LogP contribution is 2.40. The third-order valence-electron chi connectivity index (χ3n) is 5.29. The number of carbonyl (C=O) groups is 1. The summed E-state index contributed by atoms with van der Waals surface area (Å²) in [7, 11) is 3.74. The van der Waals surface area contributed by atoms with Gasteiger partial charge in [0.05, 0.1) is 17.1 Å². The average Bonchev–Trinajstić information content (AvgIpc) is 3.33. The minimum atomic E-state index is -0.240. The van der Waals surface area contributed by atoms with Crippen LogP contribution in [0.4, 0.5) is 11.4 Å². The van der Waals surface area contributed by atoms with Crippen molar-refractivity contribution < 1.29 is 4.79 Å². The van der Waals surface area contributed by atoms with Crippen LogP contribution in [0.15, 0.2) is 65.3 Å². The summed E-state index contributed by atoms with van der Waals surface area (Å²) in [5, 5.41) is 19.1. The van der Waals surface area contributed by atoms with Crippen LogP contribution in [0.3, 0.4) is 0 Å². The number of fused-ring (bicyclic) bond motifs is 1. The highest BCUT2D eigenvalue weighted by atomic mass is 32.2. The number of hydrogen-bond donors (Lipinski definition) is 0. The first kappa shape index (κ1) is 21.6. The Morgan fingerprint density at radius 3 is 2.31 bits per heavy atom. The van der Waals surface area contributed by atoms with Gasteiger partial charge in [-0.3, -0.25) is 9.78 Å². The smallest absolute Gasteiger partial charge is 0.191 e. The largest absolute Gasteiger partial charge is 0.328 e. The van der Waals surface area contributed by atoms with Crippen LogP contribution in [0, 0.1) is 11.3 Å². The van der Waals surface area contributed by atoms with Gasteiger partial charge in [-0.2, -0.15) is 5.26 Å². The van der Waals surface area contributed by atoms with E-state index in [-0.39, 0.29) is 17.1 Å². The molecule has 0 aliphatic carbocycles. The quantitative estimate of drug-likeness (QED) is 0.309. The van der Waals surface area contributed by atoms with Crippen molar-refractivity contribution in [2.24, 2.45) is 0 Å². The van der Waals surface area contributed by atoms with Crippen LogP contribution in [-0.2, 0) is 11.3 Å². The number of aromatic nitrogens is 4. The Balaban J connectivity index is 1.58. The van der Waals surface area contributed by atoms with Crippen molar-refractivity contribution >= 4 is 28.9 Å². The number of hydrogen-bond acceptors (Lipinski definition) is 8. The third-order valence-corrected chi connectivity index (χ3v) is 6.26. The second-order valence-corrected chi connectivity index (χ2v) is 8.27. The first-order chi connectivity index (χ1) is 15.6. The lowest BCUT2D eigenvalue weighted by Crippen LogP contribution is -2.26. The highest BCUT2D eigenvalue weighted by molar-refractivity contribution is 7.99. The van der Waals surface area contributed by atoms with Gasteiger partial charge in [0.2, 0.25) is 0 Å². The van der Waals surface area contributed by atoms with E-state index in [9.17, 15) is 10.1 Å². The number of allylic oxidation sites excluding steroid dienone is 1. The number of pyridine rings is 1.